The Bertz CT molecular complexity index is 1080. The normalized spacial score (nSPS) is 21.2. The summed E-state index contributed by atoms with van der Waals surface area (Å²) in [6.07, 6.45) is 1.03. The second kappa shape index (κ2) is 9.62. The Morgan fingerprint density at radius 3 is 2.12 bits per heavy atom. The Morgan fingerprint density at radius 2 is 1.41 bits per heavy atom. The number of thiocarbonyl (C=S) groups is 1. The van der Waals surface area contributed by atoms with E-state index >= 15 is 0 Å². The molecule has 32 heavy (non-hydrogen) atoms. The van der Waals surface area contributed by atoms with Crippen molar-refractivity contribution in [1.29, 1.82) is 0 Å². The minimum absolute atomic E-state index is 0.0121. The third-order valence-electron chi connectivity index (χ3n) is 6.73. The Labute approximate surface area is 201 Å². The van der Waals surface area contributed by atoms with Crippen LogP contribution >= 0.6 is 23.8 Å². The number of hydrogen-bond acceptors (Lipinski definition) is 3. The maximum absolute atomic E-state index is 6.53. The molecule has 2 atom stereocenters. The van der Waals surface area contributed by atoms with E-state index in [2.05, 4.69) is 75.8 Å². The van der Waals surface area contributed by atoms with E-state index in [1.807, 2.05) is 18.2 Å². The molecule has 3 aromatic rings. The molecule has 164 valence electrons. The van der Waals surface area contributed by atoms with Gasteiger partial charge < -0.3 is 10.2 Å². The number of halogens is 1. The largest absolute Gasteiger partial charge is 0.369 e. The van der Waals surface area contributed by atoms with Gasteiger partial charge in [0, 0.05) is 42.8 Å². The minimum Gasteiger partial charge on any atom is -0.369 e. The van der Waals surface area contributed by atoms with Crippen LogP contribution in [0.1, 0.15) is 35.1 Å². The highest BCUT2D eigenvalue weighted by atomic mass is 35.5. The molecular formula is C27H28ClN3S. The predicted molar refractivity (Wildman–Crippen MR) is 138 cm³/mol. The Morgan fingerprint density at radius 1 is 0.781 bits per heavy atom. The highest BCUT2D eigenvalue weighted by molar-refractivity contribution is 7.80. The van der Waals surface area contributed by atoms with Crippen molar-refractivity contribution in [2.24, 2.45) is 0 Å². The Hall–Kier alpha value is -2.40. The SMILES string of the molecule is S=C1NC(c2ccccc2Cl)c2ccccc2C1CCN1CCN(c2ccccc2)CC1. The molecular weight excluding hydrogens is 434 g/mol. The number of para-hydroxylation sites is 1. The summed E-state index contributed by atoms with van der Waals surface area (Å²) >= 11 is 12.4. The molecule has 1 N–H and O–H groups in total. The number of rotatable bonds is 5. The minimum atomic E-state index is 0.0121. The molecule has 2 unspecified atom stereocenters. The van der Waals surface area contributed by atoms with E-state index in [9.17, 15) is 0 Å². The standard InChI is InChI=1S/C27H28ClN3S/c28-25-13-7-6-12-24(25)26-22-11-5-4-10-21(22)23(27(32)29-26)14-15-30-16-18-31(19-17-30)20-8-2-1-3-9-20/h1-13,23,26H,14-19H2,(H,29,32). The summed E-state index contributed by atoms with van der Waals surface area (Å²) in [5.74, 6) is 0.243. The van der Waals surface area contributed by atoms with Crippen molar-refractivity contribution in [2.75, 3.05) is 37.6 Å². The second-order valence-corrected chi connectivity index (χ2v) is 9.44. The molecule has 0 radical (unpaired) electrons. The number of benzene rings is 3. The van der Waals surface area contributed by atoms with Gasteiger partial charge in [0.2, 0.25) is 0 Å². The first-order valence-corrected chi connectivity index (χ1v) is 12.2. The number of piperazine rings is 1. The van der Waals surface area contributed by atoms with Crippen LogP contribution in [0.5, 0.6) is 0 Å². The summed E-state index contributed by atoms with van der Waals surface area (Å²) in [7, 11) is 0. The first kappa shape index (κ1) is 21.4. The summed E-state index contributed by atoms with van der Waals surface area (Å²) in [5.41, 5.74) is 5.03. The molecule has 5 rings (SSSR count). The number of nitrogens with one attached hydrogen (secondary N) is 1. The number of fused-ring (bicyclic) bond motifs is 1. The molecule has 0 amide bonds. The molecule has 2 aliphatic heterocycles. The van der Waals surface area contributed by atoms with Crippen LogP contribution in [0.4, 0.5) is 5.69 Å². The topological polar surface area (TPSA) is 18.5 Å². The lowest BCUT2D eigenvalue weighted by Crippen LogP contribution is -2.47. The molecule has 2 heterocycles. The van der Waals surface area contributed by atoms with Crippen molar-refractivity contribution >= 4 is 34.5 Å². The summed E-state index contributed by atoms with van der Waals surface area (Å²) in [6.45, 7) is 5.38. The lowest BCUT2D eigenvalue weighted by atomic mass is 9.82. The van der Waals surface area contributed by atoms with Gasteiger partial charge >= 0.3 is 0 Å². The molecule has 3 aromatic carbocycles. The van der Waals surface area contributed by atoms with E-state index < -0.39 is 0 Å². The van der Waals surface area contributed by atoms with E-state index in [1.165, 1.54) is 16.8 Å². The average molecular weight is 462 g/mol. The van der Waals surface area contributed by atoms with Crippen LogP contribution in [0, 0.1) is 0 Å². The van der Waals surface area contributed by atoms with Gasteiger partial charge in [-0.2, -0.15) is 0 Å². The van der Waals surface area contributed by atoms with Gasteiger partial charge in [-0.3, -0.25) is 4.90 Å². The van der Waals surface area contributed by atoms with Crippen molar-refractivity contribution < 1.29 is 0 Å². The summed E-state index contributed by atoms with van der Waals surface area (Å²) in [4.78, 5) is 5.98. The van der Waals surface area contributed by atoms with Crippen molar-refractivity contribution in [1.82, 2.24) is 10.2 Å². The van der Waals surface area contributed by atoms with Gasteiger partial charge in [-0.05, 0) is 47.9 Å². The molecule has 5 heteroatoms. The first-order chi connectivity index (χ1) is 15.7. The average Bonchev–Trinajstić information content (AvgIpc) is 2.84. The molecule has 0 aliphatic carbocycles. The Kier molecular flexibility index (Phi) is 6.44. The fourth-order valence-electron chi connectivity index (χ4n) is 4.97. The van der Waals surface area contributed by atoms with Crippen molar-refractivity contribution in [3.8, 4) is 0 Å². The van der Waals surface area contributed by atoms with Gasteiger partial charge in [0.15, 0.2) is 0 Å². The maximum Gasteiger partial charge on any atom is 0.0837 e. The molecule has 0 bridgehead atoms. The molecule has 1 saturated heterocycles. The molecule has 2 aliphatic rings. The predicted octanol–water partition coefficient (Wildman–Crippen LogP) is 5.66. The highest BCUT2D eigenvalue weighted by Crippen LogP contribution is 2.38. The van der Waals surface area contributed by atoms with Crippen LogP contribution in [0.3, 0.4) is 0 Å². The zero-order valence-electron chi connectivity index (χ0n) is 18.1. The maximum atomic E-state index is 6.53. The van der Waals surface area contributed by atoms with Gasteiger partial charge in [0.25, 0.3) is 0 Å². The van der Waals surface area contributed by atoms with Gasteiger partial charge in [0.1, 0.15) is 0 Å². The number of nitrogens with zero attached hydrogens (tertiary/aromatic N) is 2. The van der Waals surface area contributed by atoms with E-state index in [4.69, 9.17) is 23.8 Å². The van der Waals surface area contributed by atoms with Crippen molar-refractivity contribution in [2.45, 2.75) is 18.4 Å². The highest BCUT2D eigenvalue weighted by Gasteiger charge is 2.32. The fraction of sp³-hybridized carbons (Fsp3) is 0.296. The van der Waals surface area contributed by atoms with Gasteiger partial charge in [0.05, 0.1) is 11.0 Å². The van der Waals surface area contributed by atoms with Crippen LogP contribution in [-0.4, -0.2) is 42.6 Å². The van der Waals surface area contributed by atoms with Gasteiger partial charge in [-0.15, -0.1) is 0 Å². The quantitative estimate of drug-likeness (QED) is 0.494. The first-order valence-electron chi connectivity index (χ1n) is 11.4. The molecule has 0 aromatic heterocycles. The fourth-order valence-corrected chi connectivity index (χ4v) is 5.58. The van der Waals surface area contributed by atoms with Crippen LogP contribution < -0.4 is 10.2 Å². The van der Waals surface area contributed by atoms with E-state index in [0.717, 1.165) is 54.7 Å². The smallest absolute Gasteiger partial charge is 0.0837 e. The summed E-state index contributed by atoms with van der Waals surface area (Å²) in [6, 6.07) is 27.5. The van der Waals surface area contributed by atoms with Crippen LogP contribution in [0.2, 0.25) is 5.02 Å². The van der Waals surface area contributed by atoms with Gasteiger partial charge in [-0.1, -0.05) is 84.5 Å². The molecule has 0 spiro atoms. The van der Waals surface area contributed by atoms with Crippen LogP contribution in [0.25, 0.3) is 0 Å². The Balaban J connectivity index is 1.27. The van der Waals surface area contributed by atoms with Crippen molar-refractivity contribution in [3.05, 3.63) is 101 Å². The number of anilines is 1. The van der Waals surface area contributed by atoms with E-state index in [0.29, 0.717) is 0 Å². The summed E-state index contributed by atoms with van der Waals surface area (Å²) < 4.78 is 0. The second-order valence-electron chi connectivity index (χ2n) is 8.60. The molecule has 1 fully saturated rings. The van der Waals surface area contributed by atoms with E-state index in [1.54, 1.807) is 0 Å². The third kappa shape index (κ3) is 4.40. The monoisotopic (exact) mass is 461 g/mol. The zero-order chi connectivity index (χ0) is 21.9. The number of hydrogen-bond donors (Lipinski definition) is 1. The lowest BCUT2D eigenvalue weighted by molar-refractivity contribution is 0.252. The third-order valence-corrected chi connectivity index (χ3v) is 7.48. The van der Waals surface area contributed by atoms with Crippen molar-refractivity contribution in [3.63, 3.8) is 0 Å². The molecule has 3 nitrogen and oxygen atoms in total. The van der Waals surface area contributed by atoms with E-state index in [-0.39, 0.29) is 12.0 Å². The molecule has 0 saturated carbocycles. The van der Waals surface area contributed by atoms with Crippen LogP contribution in [-0.2, 0) is 0 Å². The zero-order valence-corrected chi connectivity index (χ0v) is 19.7. The van der Waals surface area contributed by atoms with Crippen LogP contribution in [0.15, 0.2) is 78.9 Å². The summed E-state index contributed by atoms with van der Waals surface area (Å²) in [5, 5.41) is 4.39. The lowest BCUT2D eigenvalue weighted by Gasteiger charge is -2.38. The van der Waals surface area contributed by atoms with Gasteiger partial charge in [-0.25, -0.2) is 0 Å².